The Labute approximate surface area is 162 Å². The van der Waals surface area contributed by atoms with E-state index in [1.165, 1.54) is 7.11 Å². The highest BCUT2D eigenvalue weighted by Crippen LogP contribution is 2.27. The molecule has 0 bridgehead atoms. The number of carbonyl (C=O) groups is 2. The van der Waals surface area contributed by atoms with Crippen LogP contribution in [-0.4, -0.2) is 25.6 Å². The average molecular weight is 396 g/mol. The third-order valence-electron chi connectivity index (χ3n) is 3.64. The number of hydrogen-bond acceptors (Lipinski definition) is 4. The molecule has 0 saturated carbocycles. The second kappa shape index (κ2) is 8.92. The number of carbonyl (C=O) groups excluding carboxylic acids is 2. The van der Waals surface area contributed by atoms with Gasteiger partial charge >= 0.3 is 5.97 Å². The summed E-state index contributed by atoms with van der Waals surface area (Å²) in [6.45, 7) is 3.34. The molecule has 0 saturated heterocycles. The van der Waals surface area contributed by atoms with Gasteiger partial charge in [-0.3, -0.25) is 9.59 Å². The Morgan fingerprint density at radius 2 is 1.85 bits per heavy atom. The van der Waals surface area contributed by atoms with Crippen LogP contribution in [-0.2, 0) is 20.7 Å². The number of methoxy groups -OCH3 is 1. The van der Waals surface area contributed by atoms with Gasteiger partial charge in [-0.25, -0.2) is 0 Å². The molecule has 2 aromatic rings. The van der Waals surface area contributed by atoms with Gasteiger partial charge in [0.1, 0.15) is 5.75 Å². The highest BCUT2D eigenvalue weighted by atomic mass is 35.5. The summed E-state index contributed by atoms with van der Waals surface area (Å²) >= 11 is 12.1. The van der Waals surface area contributed by atoms with E-state index in [1.54, 1.807) is 24.3 Å². The minimum absolute atomic E-state index is 0.0542. The van der Waals surface area contributed by atoms with Gasteiger partial charge in [0.25, 0.3) is 5.91 Å². The average Bonchev–Trinajstić information content (AvgIpc) is 2.56. The maximum absolute atomic E-state index is 12.0. The van der Waals surface area contributed by atoms with E-state index in [2.05, 4.69) is 5.32 Å². The summed E-state index contributed by atoms with van der Waals surface area (Å²) in [6, 6.07) is 8.60. The number of esters is 1. The Kier molecular flexibility index (Phi) is 6.89. The smallest absolute Gasteiger partial charge is 0.310 e. The molecule has 2 rings (SSSR count). The number of anilines is 1. The maximum atomic E-state index is 12.0. The Morgan fingerprint density at radius 1 is 1.12 bits per heavy atom. The molecule has 0 aliphatic rings. The van der Waals surface area contributed by atoms with Crippen LogP contribution in [0.15, 0.2) is 30.3 Å². The van der Waals surface area contributed by atoms with Gasteiger partial charge in [0.2, 0.25) is 0 Å². The van der Waals surface area contributed by atoms with Gasteiger partial charge in [0, 0.05) is 10.6 Å². The lowest BCUT2D eigenvalue weighted by Gasteiger charge is -2.12. The van der Waals surface area contributed by atoms with Gasteiger partial charge in [-0.1, -0.05) is 29.3 Å². The van der Waals surface area contributed by atoms with Crippen molar-refractivity contribution >= 4 is 40.8 Å². The van der Waals surface area contributed by atoms with Crippen molar-refractivity contribution in [1.29, 1.82) is 0 Å². The molecule has 0 radical (unpaired) electrons. The number of benzene rings is 2. The van der Waals surface area contributed by atoms with Gasteiger partial charge in [0.15, 0.2) is 6.61 Å². The third kappa shape index (κ3) is 5.38. The molecule has 0 aromatic heterocycles. The third-order valence-corrected chi connectivity index (χ3v) is 4.17. The lowest BCUT2D eigenvalue weighted by atomic mass is 10.1. The van der Waals surface area contributed by atoms with Crippen LogP contribution >= 0.6 is 23.2 Å². The molecule has 2 aromatic carbocycles. The molecule has 1 amide bonds. The number of halogens is 2. The fraction of sp³-hybridized carbons (Fsp3) is 0.263. The van der Waals surface area contributed by atoms with E-state index in [4.69, 9.17) is 32.7 Å². The summed E-state index contributed by atoms with van der Waals surface area (Å²) in [5, 5.41) is 3.58. The molecule has 26 heavy (non-hydrogen) atoms. The molecular formula is C19H19Cl2NO4. The zero-order valence-corrected chi connectivity index (χ0v) is 16.2. The zero-order valence-electron chi connectivity index (χ0n) is 14.7. The van der Waals surface area contributed by atoms with E-state index >= 15 is 0 Å². The van der Waals surface area contributed by atoms with Gasteiger partial charge in [-0.15, -0.1) is 0 Å². The summed E-state index contributed by atoms with van der Waals surface area (Å²) in [4.78, 5) is 24.0. The Morgan fingerprint density at radius 3 is 2.50 bits per heavy atom. The van der Waals surface area contributed by atoms with E-state index in [0.717, 1.165) is 11.1 Å². The van der Waals surface area contributed by atoms with Crippen LogP contribution in [0.4, 0.5) is 5.69 Å². The zero-order chi connectivity index (χ0) is 19.3. The molecule has 0 atom stereocenters. The van der Waals surface area contributed by atoms with E-state index in [1.807, 2.05) is 19.9 Å². The molecule has 0 aliphatic carbocycles. The first-order chi connectivity index (χ1) is 12.3. The van der Waals surface area contributed by atoms with Crippen molar-refractivity contribution in [3.8, 4) is 5.75 Å². The number of nitrogens with one attached hydrogen (secondary N) is 1. The highest BCUT2D eigenvalue weighted by molar-refractivity contribution is 6.34. The molecular weight excluding hydrogens is 377 g/mol. The van der Waals surface area contributed by atoms with Crippen molar-refractivity contribution in [2.45, 2.75) is 20.3 Å². The lowest BCUT2D eigenvalue weighted by molar-refractivity contribution is -0.146. The Hall–Kier alpha value is -2.24. The maximum Gasteiger partial charge on any atom is 0.310 e. The van der Waals surface area contributed by atoms with Gasteiger partial charge in [-0.05, 0) is 49.2 Å². The molecule has 138 valence electrons. The minimum atomic E-state index is -0.563. The quantitative estimate of drug-likeness (QED) is 0.738. The summed E-state index contributed by atoms with van der Waals surface area (Å²) in [6.07, 6.45) is -0.0542. The van der Waals surface area contributed by atoms with E-state index < -0.39 is 18.5 Å². The van der Waals surface area contributed by atoms with Crippen LogP contribution in [0.1, 0.15) is 16.7 Å². The molecule has 0 fully saturated rings. The van der Waals surface area contributed by atoms with Crippen molar-refractivity contribution in [2.24, 2.45) is 0 Å². The number of amides is 1. The minimum Gasteiger partial charge on any atom is -0.496 e. The predicted molar refractivity (Wildman–Crippen MR) is 102 cm³/mol. The number of hydrogen-bond donors (Lipinski definition) is 1. The largest absolute Gasteiger partial charge is 0.496 e. The lowest BCUT2D eigenvalue weighted by Crippen LogP contribution is -2.22. The van der Waals surface area contributed by atoms with Crippen molar-refractivity contribution in [2.75, 3.05) is 19.0 Å². The Balaban J connectivity index is 1.94. The summed E-state index contributed by atoms with van der Waals surface area (Å²) in [7, 11) is 1.50. The predicted octanol–water partition coefficient (Wildman–Crippen LogP) is 4.34. The Bertz CT molecular complexity index is 813. The van der Waals surface area contributed by atoms with Crippen molar-refractivity contribution in [1.82, 2.24) is 0 Å². The monoisotopic (exact) mass is 395 g/mol. The van der Waals surface area contributed by atoms with E-state index in [-0.39, 0.29) is 6.42 Å². The first-order valence-corrected chi connectivity index (χ1v) is 8.60. The number of ether oxygens (including phenoxy) is 2. The second-order valence-electron chi connectivity index (χ2n) is 5.78. The van der Waals surface area contributed by atoms with Crippen LogP contribution in [0.25, 0.3) is 0 Å². The fourth-order valence-electron chi connectivity index (χ4n) is 2.49. The summed E-state index contributed by atoms with van der Waals surface area (Å²) < 4.78 is 10.2. The molecule has 0 heterocycles. The van der Waals surface area contributed by atoms with Crippen LogP contribution in [0.3, 0.4) is 0 Å². The number of rotatable bonds is 6. The van der Waals surface area contributed by atoms with Crippen LogP contribution in [0.5, 0.6) is 5.75 Å². The van der Waals surface area contributed by atoms with Gasteiger partial charge < -0.3 is 14.8 Å². The van der Waals surface area contributed by atoms with Gasteiger partial charge in [-0.2, -0.15) is 0 Å². The first-order valence-electron chi connectivity index (χ1n) is 7.84. The summed E-state index contributed by atoms with van der Waals surface area (Å²) in [5.41, 5.74) is 2.92. The molecule has 7 heteroatoms. The molecule has 1 N–H and O–H groups in total. The number of aryl methyl sites for hydroxylation is 2. The van der Waals surface area contributed by atoms with E-state index in [9.17, 15) is 9.59 Å². The van der Waals surface area contributed by atoms with Crippen LogP contribution < -0.4 is 10.1 Å². The molecule has 0 unspecified atom stereocenters. The fourth-order valence-corrected chi connectivity index (χ4v) is 3.05. The van der Waals surface area contributed by atoms with Crippen LogP contribution in [0.2, 0.25) is 10.0 Å². The SMILES string of the molecule is COc1ccc(Cl)cc1CC(=O)OCC(=O)Nc1c(C)cc(C)cc1Cl. The molecule has 5 nitrogen and oxygen atoms in total. The van der Waals surface area contributed by atoms with Crippen molar-refractivity contribution < 1.29 is 19.1 Å². The molecule has 0 aliphatic heterocycles. The van der Waals surface area contributed by atoms with Crippen molar-refractivity contribution in [3.63, 3.8) is 0 Å². The standard InChI is InChI=1S/C19H19Cl2NO4/c1-11-6-12(2)19(15(21)7-11)22-17(23)10-26-18(24)9-13-8-14(20)4-5-16(13)25-3/h4-8H,9-10H2,1-3H3,(H,22,23). The van der Waals surface area contributed by atoms with Crippen molar-refractivity contribution in [3.05, 3.63) is 57.1 Å². The second-order valence-corrected chi connectivity index (χ2v) is 6.62. The topological polar surface area (TPSA) is 64.6 Å². The van der Waals surface area contributed by atoms with Crippen LogP contribution in [0, 0.1) is 13.8 Å². The van der Waals surface area contributed by atoms with Gasteiger partial charge in [0.05, 0.1) is 24.2 Å². The highest BCUT2D eigenvalue weighted by Gasteiger charge is 2.14. The molecule has 0 spiro atoms. The van der Waals surface area contributed by atoms with E-state index in [0.29, 0.717) is 27.0 Å². The summed E-state index contributed by atoms with van der Waals surface area (Å²) in [5.74, 6) is -0.504. The first kappa shape index (κ1) is 20.1. The normalized spacial score (nSPS) is 10.3.